The average Bonchev–Trinajstić information content (AvgIpc) is 2.44. The van der Waals surface area contributed by atoms with Gasteiger partial charge in [-0.3, -0.25) is 9.59 Å². The number of hydrazone groups is 1. The molecular weight excluding hydrogens is 302 g/mol. The second-order valence-corrected chi connectivity index (χ2v) is 5.92. The highest BCUT2D eigenvalue weighted by Gasteiger charge is 2.08. The molecule has 0 saturated carbocycles. The maximum absolute atomic E-state index is 11.8. The first-order valence-corrected chi connectivity index (χ1v) is 7.62. The third kappa shape index (κ3) is 7.22. The van der Waals surface area contributed by atoms with Crippen molar-refractivity contribution in [3.05, 3.63) is 29.3 Å². The number of carbonyl (C=O) groups is 2. The summed E-state index contributed by atoms with van der Waals surface area (Å²) >= 11 is 5.95. The van der Waals surface area contributed by atoms with Crippen LogP contribution >= 0.6 is 11.6 Å². The highest BCUT2D eigenvalue weighted by molar-refractivity contribution is 6.33. The second kappa shape index (κ2) is 9.20. The number of rotatable bonds is 7. The van der Waals surface area contributed by atoms with Gasteiger partial charge in [0.25, 0.3) is 0 Å². The molecule has 0 aromatic heterocycles. The standard InChI is InChI=1S/C16H22ClN3O2/c1-11(2)10-12(3)19-20-16(22)9-8-15(21)18-14-7-5-4-6-13(14)17/h4-7,11H,8-10H2,1-3H3,(H,18,21)(H,20,22). The Hall–Kier alpha value is -1.88. The zero-order chi connectivity index (χ0) is 16.5. The average molecular weight is 324 g/mol. The predicted octanol–water partition coefficient (Wildman–Crippen LogP) is 3.60. The van der Waals surface area contributed by atoms with Gasteiger partial charge in [0, 0.05) is 18.6 Å². The molecular formula is C16H22ClN3O2. The number of nitrogens with zero attached hydrogens (tertiary/aromatic N) is 1. The van der Waals surface area contributed by atoms with Gasteiger partial charge < -0.3 is 5.32 Å². The van der Waals surface area contributed by atoms with E-state index in [0.29, 0.717) is 16.6 Å². The lowest BCUT2D eigenvalue weighted by Crippen LogP contribution is -2.21. The largest absolute Gasteiger partial charge is 0.325 e. The molecule has 0 bridgehead atoms. The van der Waals surface area contributed by atoms with Gasteiger partial charge in [-0.05, 0) is 31.4 Å². The summed E-state index contributed by atoms with van der Waals surface area (Å²) in [5.41, 5.74) is 3.87. The van der Waals surface area contributed by atoms with Crippen LogP contribution in [0.15, 0.2) is 29.4 Å². The van der Waals surface area contributed by atoms with E-state index in [1.54, 1.807) is 24.3 Å². The molecule has 5 nitrogen and oxygen atoms in total. The van der Waals surface area contributed by atoms with E-state index in [9.17, 15) is 9.59 Å². The number of amides is 2. The molecule has 0 aliphatic rings. The minimum absolute atomic E-state index is 0.0781. The zero-order valence-electron chi connectivity index (χ0n) is 13.1. The van der Waals surface area contributed by atoms with Crippen molar-refractivity contribution in [2.24, 2.45) is 11.0 Å². The molecule has 0 aliphatic carbocycles. The summed E-state index contributed by atoms with van der Waals surface area (Å²) in [6.07, 6.45) is 0.984. The van der Waals surface area contributed by atoms with Crippen LogP contribution in [-0.2, 0) is 9.59 Å². The van der Waals surface area contributed by atoms with Gasteiger partial charge in [-0.1, -0.05) is 37.6 Å². The molecule has 1 rings (SSSR count). The van der Waals surface area contributed by atoms with Gasteiger partial charge in [-0.15, -0.1) is 0 Å². The Kier molecular flexibility index (Phi) is 7.60. The fraction of sp³-hybridized carbons (Fsp3) is 0.438. The molecule has 0 spiro atoms. The van der Waals surface area contributed by atoms with Gasteiger partial charge in [0.1, 0.15) is 0 Å². The van der Waals surface area contributed by atoms with Gasteiger partial charge in [0.05, 0.1) is 10.7 Å². The quantitative estimate of drug-likeness (QED) is 0.594. The first kappa shape index (κ1) is 18.2. The third-order valence-corrected chi connectivity index (χ3v) is 3.13. The van der Waals surface area contributed by atoms with Gasteiger partial charge in [-0.25, -0.2) is 5.43 Å². The summed E-state index contributed by atoms with van der Waals surface area (Å²) in [4.78, 5) is 23.4. The van der Waals surface area contributed by atoms with E-state index < -0.39 is 0 Å². The number of anilines is 1. The Labute approximate surface area is 136 Å². The predicted molar refractivity (Wildman–Crippen MR) is 90.0 cm³/mol. The van der Waals surface area contributed by atoms with Crippen molar-refractivity contribution in [3.8, 4) is 0 Å². The molecule has 0 saturated heterocycles. The second-order valence-electron chi connectivity index (χ2n) is 5.51. The van der Waals surface area contributed by atoms with E-state index in [2.05, 4.69) is 29.7 Å². The molecule has 2 amide bonds. The maximum Gasteiger partial charge on any atom is 0.240 e. The number of halogens is 1. The molecule has 0 fully saturated rings. The Bertz CT molecular complexity index is 556. The Morgan fingerprint density at radius 1 is 1.18 bits per heavy atom. The van der Waals surface area contributed by atoms with E-state index >= 15 is 0 Å². The van der Waals surface area contributed by atoms with Gasteiger partial charge in [0.15, 0.2) is 0 Å². The smallest absolute Gasteiger partial charge is 0.240 e. The zero-order valence-corrected chi connectivity index (χ0v) is 13.9. The lowest BCUT2D eigenvalue weighted by molar-refractivity contribution is -0.124. The topological polar surface area (TPSA) is 70.6 Å². The number of hydrogen-bond donors (Lipinski definition) is 2. The highest BCUT2D eigenvalue weighted by atomic mass is 35.5. The van der Waals surface area contributed by atoms with Crippen LogP contribution in [0.25, 0.3) is 0 Å². The fourth-order valence-corrected chi connectivity index (χ4v) is 2.04. The van der Waals surface area contributed by atoms with Gasteiger partial charge in [0.2, 0.25) is 11.8 Å². The molecule has 0 aliphatic heterocycles. The molecule has 0 radical (unpaired) electrons. The number of carbonyl (C=O) groups excluding carboxylic acids is 2. The molecule has 2 N–H and O–H groups in total. The monoisotopic (exact) mass is 323 g/mol. The van der Waals surface area contributed by atoms with Crippen molar-refractivity contribution in [1.29, 1.82) is 0 Å². The first-order valence-electron chi connectivity index (χ1n) is 7.25. The molecule has 120 valence electrons. The lowest BCUT2D eigenvalue weighted by Gasteiger charge is -2.07. The first-order chi connectivity index (χ1) is 10.4. The normalized spacial score (nSPS) is 11.4. The highest BCUT2D eigenvalue weighted by Crippen LogP contribution is 2.20. The van der Waals surface area contributed by atoms with Crippen LogP contribution in [0.2, 0.25) is 5.02 Å². The molecule has 1 aromatic carbocycles. The minimum Gasteiger partial charge on any atom is -0.325 e. The van der Waals surface area contributed by atoms with E-state index in [0.717, 1.165) is 12.1 Å². The van der Waals surface area contributed by atoms with Crippen LogP contribution < -0.4 is 10.7 Å². The summed E-state index contributed by atoms with van der Waals surface area (Å²) in [7, 11) is 0. The van der Waals surface area contributed by atoms with Crippen LogP contribution in [0.5, 0.6) is 0 Å². The van der Waals surface area contributed by atoms with Crippen molar-refractivity contribution in [1.82, 2.24) is 5.43 Å². The van der Waals surface area contributed by atoms with Crippen LogP contribution in [0.3, 0.4) is 0 Å². The van der Waals surface area contributed by atoms with Crippen LogP contribution in [0.1, 0.15) is 40.0 Å². The van der Waals surface area contributed by atoms with Crippen molar-refractivity contribution in [2.45, 2.75) is 40.0 Å². The van der Waals surface area contributed by atoms with E-state index in [-0.39, 0.29) is 24.7 Å². The maximum atomic E-state index is 11.8. The molecule has 6 heteroatoms. The Morgan fingerprint density at radius 3 is 2.45 bits per heavy atom. The van der Waals surface area contributed by atoms with Gasteiger partial charge in [-0.2, -0.15) is 5.10 Å². The third-order valence-electron chi connectivity index (χ3n) is 2.80. The number of benzene rings is 1. The molecule has 1 aromatic rings. The van der Waals surface area contributed by atoms with Crippen LogP contribution in [0.4, 0.5) is 5.69 Å². The van der Waals surface area contributed by atoms with Gasteiger partial charge >= 0.3 is 0 Å². The van der Waals surface area contributed by atoms with E-state index in [4.69, 9.17) is 11.6 Å². The summed E-state index contributed by atoms with van der Waals surface area (Å²) in [6, 6.07) is 6.96. The van der Waals surface area contributed by atoms with Crippen LogP contribution in [0, 0.1) is 5.92 Å². The summed E-state index contributed by atoms with van der Waals surface area (Å²) in [6.45, 7) is 6.03. The Balaban J connectivity index is 2.35. The fourth-order valence-electron chi connectivity index (χ4n) is 1.85. The van der Waals surface area contributed by atoms with Crippen molar-refractivity contribution in [2.75, 3.05) is 5.32 Å². The van der Waals surface area contributed by atoms with E-state index in [1.165, 1.54) is 0 Å². The minimum atomic E-state index is -0.280. The summed E-state index contributed by atoms with van der Waals surface area (Å²) in [5.74, 6) is -0.0504. The van der Waals surface area contributed by atoms with Crippen molar-refractivity contribution < 1.29 is 9.59 Å². The SMILES string of the molecule is CC(CC(C)C)=NNC(=O)CCC(=O)Nc1ccccc1Cl. The molecule has 0 heterocycles. The van der Waals surface area contributed by atoms with Crippen LogP contribution in [-0.4, -0.2) is 17.5 Å². The molecule has 0 atom stereocenters. The van der Waals surface area contributed by atoms with Crippen molar-refractivity contribution in [3.63, 3.8) is 0 Å². The summed E-state index contributed by atoms with van der Waals surface area (Å²) < 4.78 is 0. The number of nitrogens with one attached hydrogen (secondary N) is 2. The Morgan fingerprint density at radius 2 is 1.82 bits per heavy atom. The summed E-state index contributed by atoms with van der Waals surface area (Å²) in [5, 5.41) is 7.14. The number of hydrogen-bond acceptors (Lipinski definition) is 3. The lowest BCUT2D eigenvalue weighted by atomic mass is 10.1. The number of para-hydroxylation sites is 1. The van der Waals surface area contributed by atoms with E-state index in [1.807, 2.05) is 6.92 Å². The molecule has 0 unspecified atom stereocenters. The van der Waals surface area contributed by atoms with Crippen molar-refractivity contribution >= 4 is 34.8 Å². The molecule has 22 heavy (non-hydrogen) atoms.